The highest BCUT2D eigenvalue weighted by atomic mass is 79.9. The van der Waals surface area contributed by atoms with E-state index >= 15 is 0 Å². The summed E-state index contributed by atoms with van der Waals surface area (Å²) >= 11 is 3.47. The maximum Gasteiger partial charge on any atom is 0.217 e. The Morgan fingerprint density at radius 3 is 2.95 bits per heavy atom. The topological polar surface area (TPSA) is 52.6 Å². The molecule has 2 N–H and O–H groups in total. The van der Waals surface area contributed by atoms with E-state index in [2.05, 4.69) is 38.3 Å². The lowest BCUT2D eigenvalue weighted by atomic mass is 10.1. The molecular formula is C14H19BrN2O2. The zero-order chi connectivity index (χ0) is 13.8. The number of nitrogens with zero attached hydrogens (tertiary/aromatic N) is 1. The third-order valence-electron chi connectivity index (χ3n) is 3.44. The van der Waals surface area contributed by atoms with Crippen molar-refractivity contribution in [2.75, 3.05) is 19.7 Å². The normalized spacial score (nSPS) is 23.5. The quantitative estimate of drug-likeness (QED) is 0.878. The van der Waals surface area contributed by atoms with Crippen LogP contribution < -0.4 is 5.32 Å². The Balaban J connectivity index is 1.97. The first kappa shape index (κ1) is 14.5. The molecule has 1 amide bonds. The van der Waals surface area contributed by atoms with Gasteiger partial charge in [0.2, 0.25) is 5.91 Å². The summed E-state index contributed by atoms with van der Waals surface area (Å²) in [5, 5.41) is 12.3. The maximum absolute atomic E-state index is 11.2. The van der Waals surface area contributed by atoms with E-state index in [-0.39, 0.29) is 24.5 Å². The van der Waals surface area contributed by atoms with Crippen LogP contribution in [0.25, 0.3) is 0 Å². The third kappa shape index (κ3) is 4.03. The van der Waals surface area contributed by atoms with E-state index in [1.165, 1.54) is 12.5 Å². The molecule has 1 heterocycles. The number of halogens is 1. The van der Waals surface area contributed by atoms with Gasteiger partial charge >= 0.3 is 0 Å². The lowest BCUT2D eigenvalue weighted by Crippen LogP contribution is -2.40. The Morgan fingerprint density at radius 1 is 1.53 bits per heavy atom. The SMILES string of the molecule is CC(=O)N[C@@H]1CN(Cc2cccc(Br)c2)C[C@H]1CO. The summed E-state index contributed by atoms with van der Waals surface area (Å²) in [5.41, 5.74) is 1.23. The van der Waals surface area contributed by atoms with Crippen LogP contribution in [0.2, 0.25) is 0 Å². The molecule has 1 aliphatic rings. The highest BCUT2D eigenvalue weighted by molar-refractivity contribution is 9.10. The number of aliphatic hydroxyl groups excluding tert-OH is 1. The van der Waals surface area contributed by atoms with Crippen LogP contribution >= 0.6 is 15.9 Å². The smallest absolute Gasteiger partial charge is 0.217 e. The molecule has 1 aromatic rings. The third-order valence-corrected chi connectivity index (χ3v) is 3.93. The fourth-order valence-electron chi connectivity index (χ4n) is 2.59. The van der Waals surface area contributed by atoms with Crippen LogP contribution in [-0.2, 0) is 11.3 Å². The van der Waals surface area contributed by atoms with Crippen molar-refractivity contribution in [2.24, 2.45) is 5.92 Å². The van der Waals surface area contributed by atoms with Gasteiger partial charge in [-0.15, -0.1) is 0 Å². The molecule has 104 valence electrons. The molecule has 1 fully saturated rings. The molecule has 0 aromatic heterocycles. The zero-order valence-corrected chi connectivity index (χ0v) is 12.6. The molecule has 0 saturated carbocycles. The van der Waals surface area contributed by atoms with Crippen molar-refractivity contribution in [3.8, 4) is 0 Å². The average molecular weight is 327 g/mol. The Morgan fingerprint density at radius 2 is 2.32 bits per heavy atom. The number of likely N-dealkylation sites (tertiary alicyclic amines) is 1. The van der Waals surface area contributed by atoms with Gasteiger partial charge in [0.05, 0.1) is 0 Å². The van der Waals surface area contributed by atoms with Crippen molar-refractivity contribution >= 4 is 21.8 Å². The lowest BCUT2D eigenvalue weighted by Gasteiger charge is -2.17. The monoisotopic (exact) mass is 326 g/mol. The number of carbonyl (C=O) groups excluding carboxylic acids is 1. The predicted molar refractivity (Wildman–Crippen MR) is 77.6 cm³/mol. The van der Waals surface area contributed by atoms with Crippen molar-refractivity contribution in [3.63, 3.8) is 0 Å². The maximum atomic E-state index is 11.2. The van der Waals surface area contributed by atoms with Gasteiger partial charge in [0.25, 0.3) is 0 Å². The molecule has 5 heteroatoms. The minimum absolute atomic E-state index is 0.0345. The van der Waals surface area contributed by atoms with Gasteiger partial charge in [-0.1, -0.05) is 28.1 Å². The molecule has 0 unspecified atom stereocenters. The van der Waals surface area contributed by atoms with Crippen LogP contribution in [0.3, 0.4) is 0 Å². The van der Waals surface area contributed by atoms with Crippen LogP contribution in [0.5, 0.6) is 0 Å². The molecule has 19 heavy (non-hydrogen) atoms. The van der Waals surface area contributed by atoms with Gasteiger partial charge in [-0.3, -0.25) is 9.69 Å². The molecule has 2 rings (SSSR count). The van der Waals surface area contributed by atoms with Crippen molar-refractivity contribution in [2.45, 2.75) is 19.5 Å². The number of benzene rings is 1. The van der Waals surface area contributed by atoms with Crippen molar-refractivity contribution < 1.29 is 9.90 Å². The molecule has 0 radical (unpaired) electrons. The first-order valence-electron chi connectivity index (χ1n) is 6.43. The summed E-state index contributed by atoms with van der Waals surface area (Å²) in [6, 6.07) is 8.26. The van der Waals surface area contributed by atoms with E-state index in [1.807, 2.05) is 12.1 Å². The summed E-state index contributed by atoms with van der Waals surface area (Å²) in [6.07, 6.45) is 0. The minimum atomic E-state index is -0.0345. The van der Waals surface area contributed by atoms with Crippen molar-refractivity contribution in [1.82, 2.24) is 10.2 Å². The molecule has 1 saturated heterocycles. The first-order chi connectivity index (χ1) is 9.08. The van der Waals surface area contributed by atoms with Gasteiger partial charge in [-0.05, 0) is 17.7 Å². The molecule has 0 bridgehead atoms. The lowest BCUT2D eigenvalue weighted by molar-refractivity contribution is -0.119. The predicted octanol–water partition coefficient (Wildman–Crippen LogP) is 1.38. The number of amides is 1. The minimum Gasteiger partial charge on any atom is -0.396 e. The van der Waals surface area contributed by atoms with Crippen LogP contribution in [0.15, 0.2) is 28.7 Å². The standard InChI is InChI=1S/C14H19BrN2O2/c1-10(19)16-14-8-17(7-12(14)9-18)6-11-3-2-4-13(15)5-11/h2-5,12,14,18H,6-9H2,1H3,(H,16,19)/t12-,14+/m0/s1. The molecular weight excluding hydrogens is 308 g/mol. The Labute approximate surface area is 121 Å². The Kier molecular flexibility index (Phi) is 4.96. The second-order valence-electron chi connectivity index (χ2n) is 5.07. The molecule has 0 aliphatic carbocycles. The van der Waals surface area contributed by atoms with Gasteiger partial charge < -0.3 is 10.4 Å². The van der Waals surface area contributed by atoms with E-state index in [0.717, 1.165) is 24.1 Å². The van der Waals surface area contributed by atoms with Gasteiger partial charge in [-0.25, -0.2) is 0 Å². The number of nitrogens with one attached hydrogen (secondary N) is 1. The van der Waals surface area contributed by atoms with E-state index < -0.39 is 0 Å². The summed E-state index contributed by atoms with van der Waals surface area (Å²) in [7, 11) is 0. The number of carbonyl (C=O) groups is 1. The summed E-state index contributed by atoms with van der Waals surface area (Å²) in [5.74, 6) is 0.0869. The molecule has 1 aromatic carbocycles. The van der Waals surface area contributed by atoms with E-state index in [1.54, 1.807) is 0 Å². The number of hydrogen-bond donors (Lipinski definition) is 2. The molecule has 1 aliphatic heterocycles. The van der Waals surface area contributed by atoms with Gasteiger partial charge in [0.15, 0.2) is 0 Å². The van der Waals surface area contributed by atoms with E-state index in [0.29, 0.717) is 0 Å². The van der Waals surface area contributed by atoms with Gasteiger partial charge in [0.1, 0.15) is 0 Å². The highest BCUT2D eigenvalue weighted by Gasteiger charge is 2.32. The average Bonchev–Trinajstić information content (AvgIpc) is 2.70. The van der Waals surface area contributed by atoms with Crippen LogP contribution in [0.4, 0.5) is 0 Å². The molecule has 0 spiro atoms. The summed E-state index contributed by atoms with van der Waals surface area (Å²) < 4.78 is 1.07. The van der Waals surface area contributed by atoms with Crippen molar-refractivity contribution in [3.05, 3.63) is 34.3 Å². The summed E-state index contributed by atoms with van der Waals surface area (Å²) in [6.45, 7) is 4.07. The van der Waals surface area contributed by atoms with Crippen molar-refractivity contribution in [1.29, 1.82) is 0 Å². The zero-order valence-electron chi connectivity index (χ0n) is 11.0. The summed E-state index contributed by atoms with van der Waals surface area (Å²) in [4.78, 5) is 13.4. The molecule has 4 nitrogen and oxygen atoms in total. The van der Waals surface area contributed by atoms with Gasteiger partial charge in [0, 0.05) is 49.6 Å². The number of aliphatic hydroxyl groups is 1. The largest absolute Gasteiger partial charge is 0.396 e. The van der Waals surface area contributed by atoms with Gasteiger partial charge in [-0.2, -0.15) is 0 Å². The van der Waals surface area contributed by atoms with E-state index in [4.69, 9.17) is 0 Å². The van der Waals surface area contributed by atoms with Crippen LogP contribution in [0.1, 0.15) is 12.5 Å². The number of rotatable bonds is 4. The highest BCUT2D eigenvalue weighted by Crippen LogP contribution is 2.20. The molecule has 2 atom stereocenters. The second kappa shape index (κ2) is 6.50. The fourth-order valence-corrected chi connectivity index (χ4v) is 3.04. The second-order valence-corrected chi connectivity index (χ2v) is 5.99. The van der Waals surface area contributed by atoms with E-state index in [9.17, 15) is 9.90 Å². The van der Waals surface area contributed by atoms with Crippen LogP contribution in [0, 0.1) is 5.92 Å². The first-order valence-corrected chi connectivity index (χ1v) is 7.22. The fraction of sp³-hybridized carbons (Fsp3) is 0.500. The Hall–Kier alpha value is -0.910. The van der Waals surface area contributed by atoms with Crippen LogP contribution in [-0.4, -0.2) is 41.7 Å². The number of hydrogen-bond acceptors (Lipinski definition) is 3. The Bertz CT molecular complexity index is 453.